The molecule has 0 N–H and O–H groups in total. The number of nitrogens with zero attached hydrogens (tertiary/aromatic N) is 3. The van der Waals surface area contributed by atoms with Gasteiger partial charge in [0.05, 0.1) is 5.69 Å². The predicted molar refractivity (Wildman–Crippen MR) is 73.4 cm³/mol. The van der Waals surface area contributed by atoms with Crippen molar-refractivity contribution in [3.05, 3.63) is 36.5 Å². The van der Waals surface area contributed by atoms with Crippen LogP contribution in [-0.4, -0.2) is 41.4 Å². The Hall–Kier alpha value is -1.90. The van der Waals surface area contributed by atoms with Crippen LogP contribution in [0.1, 0.15) is 0 Å². The topological polar surface area (TPSA) is 101 Å². The van der Waals surface area contributed by atoms with Crippen LogP contribution in [-0.2, 0) is 17.4 Å². The zero-order valence-corrected chi connectivity index (χ0v) is 12.2. The fourth-order valence-corrected chi connectivity index (χ4v) is 1.60. The lowest BCUT2D eigenvalue weighted by Crippen LogP contribution is -2.08. The summed E-state index contributed by atoms with van der Waals surface area (Å²) in [5.41, 5.74) is 3.33. The Morgan fingerprint density at radius 1 is 1.15 bits per heavy atom. The van der Waals surface area contributed by atoms with E-state index in [1.807, 2.05) is 50.2 Å². The zero-order valence-electron chi connectivity index (χ0n) is 11.3. The molecule has 0 atom stereocenters. The maximum Gasteiger partial charge on any atom is 0.116 e. The summed E-state index contributed by atoms with van der Waals surface area (Å²) < 4.78 is 35.9. The minimum atomic E-state index is -5.17. The van der Waals surface area contributed by atoms with Gasteiger partial charge >= 0.3 is 0 Å². The lowest BCUT2D eigenvalue weighted by molar-refractivity contribution is 0.352. The first-order valence-electron chi connectivity index (χ1n) is 5.61. The third kappa shape index (κ3) is 5.39. The summed E-state index contributed by atoms with van der Waals surface area (Å²) in [5, 5.41) is 4.48. The molecular weight excluding hydrogens is 282 g/mol. The van der Waals surface area contributed by atoms with E-state index < -0.39 is 10.4 Å². The van der Waals surface area contributed by atoms with Crippen LogP contribution in [0, 0.1) is 0 Å². The maximum absolute atomic E-state index is 8.52. The maximum atomic E-state index is 8.52. The number of benzene rings is 1. The van der Waals surface area contributed by atoms with Crippen molar-refractivity contribution in [3.63, 3.8) is 0 Å². The molecule has 7 nitrogen and oxygen atoms in total. The number of aryl methyl sites for hydroxylation is 1. The Kier molecular flexibility index (Phi) is 5.26. The van der Waals surface area contributed by atoms with Crippen molar-refractivity contribution in [1.82, 2.24) is 9.78 Å². The quantitative estimate of drug-likeness (QED) is 0.600. The Morgan fingerprint density at radius 3 is 2.10 bits per heavy atom. The van der Waals surface area contributed by atoms with Gasteiger partial charge in [-0.25, -0.2) is 0 Å². The van der Waals surface area contributed by atoms with E-state index in [0.29, 0.717) is 0 Å². The SMILES string of the molecule is CN(C)c1cn(C)nc1-c1ccccc1.O=S(=O)([O-])[O-]. The van der Waals surface area contributed by atoms with Crippen LogP contribution in [0.4, 0.5) is 5.69 Å². The largest absolute Gasteiger partial charge is 0.759 e. The molecule has 0 unspecified atom stereocenters. The molecule has 0 saturated heterocycles. The van der Waals surface area contributed by atoms with E-state index in [9.17, 15) is 0 Å². The average Bonchev–Trinajstić information content (AvgIpc) is 2.70. The molecule has 8 heteroatoms. The van der Waals surface area contributed by atoms with Gasteiger partial charge in [-0.05, 0) is 0 Å². The van der Waals surface area contributed by atoms with E-state index in [4.69, 9.17) is 17.5 Å². The lowest BCUT2D eigenvalue weighted by Gasteiger charge is -2.11. The second-order valence-corrected chi connectivity index (χ2v) is 5.02. The van der Waals surface area contributed by atoms with E-state index in [1.54, 1.807) is 0 Å². The summed E-state index contributed by atoms with van der Waals surface area (Å²) >= 11 is 0. The van der Waals surface area contributed by atoms with Crippen LogP contribution in [0.25, 0.3) is 11.3 Å². The third-order valence-electron chi connectivity index (χ3n) is 2.34. The van der Waals surface area contributed by atoms with Gasteiger partial charge in [-0.1, -0.05) is 30.3 Å². The van der Waals surface area contributed by atoms with Gasteiger partial charge in [0.15, 0.2) is 0 Å². The minimum Gasteiger partial charge on any atom is -0.759 e. The lowest BCUT2D eigenvalue weighted by atomic mass is 10.1. The monoisotopic (exact) mass is 297 g/mol. The molecule has 0 amide bonds. The first-order valence-corrected chi connectivity index (χ1v) is 6.95. The Balaban J connectivity index is 0.000000347. The molecule has 0 saturated carbocycles. The first kappa shape index (κ1) is 16.2. The van der Waals surface area contributed by atoms with Crippen LogP contribution in [0.15, 0.2) is 36.5 Å². The second kappa shape index (κ2) is 6.51. The number of hydrogen-bond donors (Lipinski definition) is 0. The van der Waals surface area contributed by atoms with Crippen LogP contribution >= 0.6 is 0 Å². The molecule has 0 aliphatic heterocycles. The van der Waals surface area contributed by atoms with Crippen LogP contribution in [0.2, 0.25) is 0 Å². The van der Waals surface area contributed by atoms with Gasteiger partial charge in [0.25, 0.3) is 0 Å². The van der Waals surface area contributed by atoms with E-state index in [1.165, 1.54) is 0 Å². The number of hydrogen-bond acceptors (Lipinski definition) is 6. The minimum absolute atomic E-state index is 1.03. The fraction of sp³-hybridized carbons (Fsp3) is 0.250. The molecule has 1 aromatic carbocycles. The molecule has 0 radical (unpaired) electrons. The van der Waals surface area contributed by atoms with Gasteiger partial charge < -0.3 is 14.0 Å². The van der Waals surface area contributed by atoms with E-state index in [-0.39, 0.29) is 0 Å². The summed E-state index contributed by atoms with van der Waals surface area (Å²) in [6, 6.07) is 10.2. The van der Waals surface area contributed by atoms with E-state index in [2.05, 4.69) is 22.1 Å². The van der Waals surface area contributed by atoms with Gasteiger partial charge in [0, 0.05) is 43.3 Å². The number of aromatic nitrogens is 2. The van der Waals surface area contributed by atoms with Crippen molar-refractivity contribution in [2.24, 2.45) is 7.05 Å². The highest BCUT2D eigenvalue weighted by Gasteiger charge is 2.10. The second-order valence-electron chi connectivity index (χ2n) is 4.21. The smallest absolute Gasteiger partial charge is 0.116 e. The number of rotatable bonds is 2. The third-order valence-corrected chi connectivity index (χ3v) is 2.34. The molecule has 0 bridgehead atoms. The van der Waals surface area contributed by atoms with Gasteiger partial charge in [-0.2, -0.15) is 5.10 Å². The summed E-state index contributed by atoms with van der Waals surface area (Å²) in [7, 11) is 0.840. The first-order chi connectivity index (χ1) is 9.18. The van der Waals surface area contributed by atoms with Crippen molar-refractivity contribution in [1.29, 1.82) is 0 Å². The summed E-state index contributed by atoms with van der Waals surface area (Å²) in [4.78, 5) is 2.08. The van der Waals surface area contributed by atoms with Crippen molar-refractivity contribution in [3.8, 4) is 11.3 Å². The van der Waals surface area contributed by atoms with Crippen molar-refractivity contribution >= 4 is 16.1 Å². The van der Waals surface area contributed by atoms with E-state index in [0.717, 1.165) is 16.9 Å². The molecule has 2 aromatic rings. The highest BCUT2D eigenvalue weighted by molar-refractivity contribution is 7.79. The predicted octanol–water partition coefficient (Wildman–Crippen LogP) is 0.815. The Bertz CT molecular complexity index is 643. The van der Waals surface area contributed by atoms with E-state index >= 15 is 0 Å². The van der Waals surface area contributed by atoms with Gasteiger partial charge in [-0.3, -0.25) is 13.1 Å². The van der Waals surface area contributed by atoms with Gasteiger partial charge in [0.1, 0.15) is 5.69 Å². The van der Waals surface area contributed by atoms with Gasteiger partial charge in [0.2, 0.25) is 0 Å². The Labute approximate surface area is 118 Å². The fourth-order valence-electron chi connectivity index (χ4n) is 1.60. The average molecular weight is 297 g/mol. The zero-order chi connectivity index (χ0) is 15.3. The molecule has 0 aliphatic carbocycles. The molecular formula is C12H15N3O4S-2. The summed E-state index contributed by atoms with van der Waals surface area (Å²) in [6.45, 7) is 0. The van der Waals surface area contributed by atoms with Crippen molar-refractivity contribution < 1.29 is 17.5 Å². The standard InChI is InChI=1S/C12H15N3.H2O4S/c1-14(2)11-9-15(3)13-12(11)10-7-5-4-6-8-10;1-5(2,3)4/h4-9H,1-3H3;(H2,1,2,3,4)/p-2. The van der Waals surface area contributed by atoms with Crippen molar-refractivity contribution in [2.45, 2.75) is 0 Å². The molecule has 0 spiro atoms. The molecule has 2 rings (SSSR count). The van der Waals surface area contributed by atoms with Gasteiger partial charge in [-0.15, -0.1) is 0 Å². The molecule has 0 fully saturated rings. The molecule has 0 aliphatic rings. The summed E-state index contributed by atoms with van der Waals surface area (Å²) in [6.07, 6.45) is 2.03. The highest BCUT2D eigenvalue weighted by atomic mass is 32.3. The molecule has 20 heavy (non-hydrogen) atoms. The Morgan fingerprint density at radius 2 is 1.65 bits per heavy atom. The van der Waals surface area contributed by atoms with Crippen LogP contribution in [0.3, 0.4) is 0 Å². The number of anilines is 1. The molecule has 110 valence electrons. The normalized spacial score (nSPS) is 10.7. The van der Waals surface area contributed by atoms with Crippen LogP contribution < -0.4 is 4.90 Å². The highest BCUT2D eigenvalue weighted by Crippen LogP contribution is 2.27. The van der Waals surface area contributed by atoms with Crippen molar-refractivity contribution in [2.75, 3.05) is 19.0 Å². The summed E-state index contributed by atoms with van der Waals surface area (Å²) in [5.74, 6) is 0. The van der Waals surface area contributed by atoms with Crippen LogP contribution in [0.5, 0.6) is 0 Å². The molecule has 1 heterocycles. The molecule has 1 aromatic heterocycles.